The van der Waals surface area contributed by atoms with Crippen LogP contribution in [0.4, 0.5) is 0 Å². The Kier molecular flexibility index (Phi) is 8.82. The highest BCUT2D eigenvalue weighted by molar-refractivity contribution is 6.00. The maximum absolute atomic E-state index is 13.4. The lowest BCUT2D eigenvalue weighted by Crippen LogP contribution is -2.51. The molecule has 1 aromatic heterocycles. The number of aromatic nitrogens is 1. The average molecular weight is 475 g/mol. The molecule has 2 N–H and O–H groups in total. The summed E-state index contributed by atoms with van der Waals surface area (Å²) < 4.78 is 0. The molecule has 0 aliphatic carbocycles. The number of piperidine rings is 2. The molecule has 0 saturated carbocycles. The van der Waals surface area contributed by atoms with Gasteiger partial charge in [-0.05, 0) is 93.6 Å². The van der Waals surface area contributed by atoms with Gasteiger partial charge in [0.25, 0.3) is 5.91 Å². The number of halogens is 1. The predicted molar refractivity (Wildman–Crippen MR) is 136 cm³/mol. The van der Waals surface area contributed by atoms with E-state index in [-0.39, 0.29) is 24.2 Å². The number of hydrogen-bond donors (Lipinski definition) is 2. The van der Waals surface area contributed by atoms with E-state index in [1.54, 1.807) is 0 Å². The summed E-state index contributed by atoms with van der Waals surface area (Å²) in [5.41, 5.74) is 1.52. The average Bonchev–Trinajstić information content (AvgIpc) is 3.26. The number of likely N-dealkylation sites (tertiary alicyclic amines) is 2. The van der Waals surface area contributed by atoms with Gasteiger partial charge in [-0.25, -0.2) is 0 Å². The summed E-state index contributed by atoms with van der Waals surface area (Å²) in [5.74, 6) is 1.76. The molecule has 1 atom stereocenters. The van der Waals surface area contributed by atoms with Gasteiger partial charge in [-0.3, -0.25) is 9.59 Å². The molecule has 1 aromatic carbocycles. The van der Waals surface area contributed by atoms with Gasteiger partial charge in [-0.2, -0.15) is 0 Å². The van der Waals surface area contributed by atoms with Crippen molar-refractivity contribution in [1.29, 1.82) is 0 Å². The first-order valence-electron chi connectivity index (χ1n) is 12.3. The predicted octanol–water partition coefficient (Wildman–Crippen LogP) is 4.31. The van der Waals surface area contributed by atoms with Crippen molar-refractivity contribution in [2.45, 2.75) is 52.0 Å². The molecule has 2 saturated heterocycles. The fraction of sp³-hybridized carbons (Fsp3) is 0.615. The molecule has 0 radical (unpaired) electrons. The molecule has 6 nitrogen and oxygen atoms in total. The number of nitrogens with one attached hydrogen (secondary N) is 2. The zero-order chi connectivity index (χ0) is 22.7. The van der Waals surface area contributed by atoms with Crippen LogP contribution in [0.25, 0.3) is 10.9 Å². The van der Waals surface area contributed by atoms with E-state index in [4.69, 9.17) is 0 Å². The molecule has 182 valence electrons. The second-order valence-electron chi connectivity index (χ2n) is 10.2. The number of benzene rings is 1. The van der Waals surface area contributed by atoms with Gasteiger partial charge in [0.2, 0.25) is 5.91 Å². The summed E-state index contributed by atoms with van der Waals surface area (Å²) in [6, 6.07) is 7.14. The van der Waals surface area contributed by atoms with Gasteiger partial charge in [0, 0.05) is 30.4 Å². The number of rotatable bonds is 6. The number of carbonyl (C=O) groups excluding carboxylic acids is 2. The Bertz CT molecular complexity index is 927. The van der Waals surface area contributed by atoms with Crippen molar-refractivity contribution in [3.05, 3.63) is 36.0 Å². The molecule has 2 amide bonds. The van der Waals surface area contributed by atoms with E-state index in [1.165, 1.54) is 25.9 Å². The van der Waals surface area contributed by atoms with Gasteiger partial charge < -0.3 is 20.1 Å². The molecule has 2 fully saturated rings. The van der Waals surface area contributed by atoms with Crippen molar-refractivity contribution in [3.8, 4) is 0 Å². The van der Waals surface area contributed by atoms with E-state index in [9.17, 15) is 9.59 Å². The fourth-order valence-electron chi connectivity index (χ4n) is 5.44. The standard InChI is InChI=1S/C26H38N4O2.ClH/c1-18(2)16-24(28-25(31)22-5-4-21-6-11-27-23(21)17-22)26(32)30-14-9-20(10-15-30)19-7-12-29(3)13-8-19;/h4-6,11,17-20,24,27H,7-10,12-16H2,1-3H3,(H,28,31);1H/t24-;/m1./s1. The van der Waals surface area contributed by atoms with Crippen LogP contribution in [0.3, 0.4) is 0 Å². The number of H-pyrrole nitrogens is 1. The summed E-state index contributed by atoms with van der Waals surface area (Å²) in [6.45, 7) is 8.22. The van der Waals surface area contributed by atoms with E-state index in [0.717, 1.165) is 48.7 Å². The minimum atomic E-state index is -0.471. The highest BCUT2D eigenvalue weighted by Gasteiger charge is 2.33. The first-order valence-corrected chi connectivity index (χ1v) is 12.3. The van der Waals surface area contributed by atoms with Crippen LogP contribution in [0.5, 0.6) is 0 Å². The van der Waals surface area contributed by atoms with E-state index in [2.05, 4.69) is 36.1 Å². The number of nitrogens with zero attached hydrogens (tertiary/aromatic N) is 2. The van der Waals surface area contributed by atoms with Crippen LogP contribution in [0.2, 0.25) is 0 Å². The summed E-state index contributed by atoms with van der Waals surface area (Å²) in [6.07, 6.45) is 7.27. The minimum Gasteiger partial charge on any atom is -0.361 e. The molecule has 2 aliphatic heterocycles. The maximum Gasteiger partial charge on any atom is 0.252 e. The van der Waals surface area contributed by atoms with Gasteiger partial charge in [0.1, 0.15) is 6.04 Å². The number of fused-ring (bicyclic) bond motifs is 1. The first kappa shape index (κ1) is 25.6. The molecule has 4 rings (SSSR count). The van der Waals surface area contributed by atoms with Crippen LogP contribution in [0.1, 0.15) is 56.3 Å². The Hall–Kier alpha value is -2.05. The fourth-order valence-corrected chi connectivity index (χ4v) is 5.44. The molecule has 0 spiro atoms. The van der Waals surface area contributed by atoms with Crippen LogP contribution in [-0.2, 0) is 4.79 Å². The third-order valence-corrected chi connectivity index (χ3v) is 7.41. The Morgan fingerprint density at radius 1 is 1.03 bits per heavy atom. The van der Waals surface area contributed by atoms with E-state index in [0.29, 0.717) is 17.9 Å². The molecule has 0 unspecified atom stereocenters. The molecule has 0 bridgehead atoms. The van der Waals surface area contributed by atoms with Gasteiger partial charge in [-0.1, -0.05) is 19.9 Å². The minimum absolute atomic E-state index is 0. The number of hydrogen-bond acceptors (Lipinski definition) is 3. The molecule has 3 heterocycles. The van der Waals surface area contributed by atoms with Crippen LogP contribution in [0.15, 0.2) is 30.5 Å². The van der Waals surface area contributed by atoms with Crippen molar-refractivity contribution < 1.29 is 9.59 Å². The van der Waals surface area contributed by atoms with Crippen molar-refractivity contribution in [2.75, 3.05) is 33.2 Å². The second kappa shape index (κ2) is 11.4. The Morgan fingerprint density at radius 2 is 1.67 bits per heavy atom. The molecule has 7 heteroatoms. The normalized spacial score (nSPS) is 19.5. The van der Waals surface area contributed by atoms with E-state index >= 15 is 0 Å². The Morgan fingerprint density at radius 3 is 2.30 bits per heavy atom. The lowest BCUT2D eigenvalue weighted by molar-refractivity contribution is -0.135. The Labute approximate surface area is 203 Å². The largest absolute Gasteiger partial charge is 0.361 e. The van der Waals surface area contributed by atoms with Crippen molar-refractivity contribution in [2.24, 2.45) is 17.8 Å². The first-order chi connectivity index (χ1) is 15.4. The maximum atomic E-state index is 13.4. The number of aromatic amines is 1. The lowest BCUT2D eigenvalue weighted by atomic mass is 9.79. The summed E-state index contributed by atoms with van der Waals surface area (Å²) >= 11 is 0. The molecule has 2 aromatic rings. The summed E-state index contributed by atoms with van der Waals surface area (Å²) in [4.78, 5) is 33.9. The lowest BCUT2D eigenvalue weighted by Gasteiger charge is -2.40. The van der Waals surface area contributed by atoms with E-state index in [1.807, 2.05) is 35.4 Å². The van der Waals surface area contributed by atoms with Crippen molar-refractivity contribution in [1.82, 2.24) is 20.1 Å². The molecule has 33 heavy (non-hydrogen) atoms. The van der Waals surface area contributed by atoms with Gasteiger partial charge in [-0.15, -0.1) is 12.4 Å². The third-order valence-electron chi connectivity index (χ3n) is 7.41. The van der Waals surface area contributed by atoms with E-state index < -0.39 is 6.04 Å². The monoisotopic (exact) mass is 474 g/mol. The van der Waals surface area contributed by atoms with Crippen LogP contribution in [-0.4, -0.2) is 65.9 Å². The highest BCUT2D eigenvalue weighted by atomic mass is 35.5. The van der Waals surface area contributed by atoms with Crippen LogP contribution >= 0.6 is 12.4 Å². The van der Waals surface area contributed by atoms with Gasteiger partial charge in [0.15, 0.2) is 0 Å². The van der Waals surface area contributed by atoms with Crippen LogP contribution < -0.4 is 5.32 Å². The molecule has 2 aliphatic rings. The zero-order valence-corrected chi connectivity index (χ0v) is 21.0. The Balaban J connectivity index is 0.00000306. The number of carbonyl (C=O) groups is 2. The SMILES string of the molecule is CC(C)C[C@@H](NC(=O)c1ccc2cc[nH]c2c1)C(=O)N1CCC(C2CCN(C)CC2)CC1.Cl. The van der Waals surface area contributed by atoms with Crippen molar-refractivity contribution in [3.63, 3.8) is 0 Å². The third kappa shape index (κ3) is 6.30. The second-order valence-corrected chi connectivity index (χ2v) is 10.2. The van der Waals surface area contributed by atoms with Gasteiger partial charge in [0.05, 0.1) is 0 Å². The smallest absolute Gasteiger partial charge is 0.252 e. The van der Waals surface area contributed by atoms with Crippen molar-refractivity contribution >= 4 is 35.1 Å². The summed E-state index contributed by atoms with van der Waals surface area (Å²) in [5, 5.41) is 4.12. The highest BCUT2D eigenvalue weighted by Crippen LogP contribution is 2.32. The molecular weight excluding hydrogens is 436 g/mol. The van der Waals surface area contributed by atoms with Crippen LogP contribution in [0, 0.1) is 17.8 Å². The topological polar surface area (TPSA) is 68.4 Å². The van der Waals surface area contributed by atoms with Gasteiger partial charge >= 0.3 is 0 Å². The zero-order valence-electron chi connectivity index (χ0n) is 20.2. The molecular formula is C26H39ClN4O2. The number of amides is 2. The quantitative estimate of drug-likeness (QED) is 0.655. The summed E-state index contributed by atoms with van der Waals surface area (Å²) in [7, 11) is 2.21.